The summed E-state index contributed by atoms with van der Waals surface area (Å²) in [4.78, 5) is 34.6. The van der Waals surface area contributed by atoms with Crippen molar-refractivity contribution < 1.29 is 9.59 Å². The van der Waals surface area contributed by atoms with Crippen LogP contribution in [0, 0.1) is 5.92 Å². The van der Waals surface area contributed by atoms with Crippen molar-refractivity contribution in [3.05, 3.63) is 353 Å². The Bertz CT molecular complexity index is 4450. The maximum absolute atomic E-state index is 15.0. The summed E-state index contributed by atoms with van der Waals surface area (Å²) in [6.07, 6.45) is 8.81. The number of allylic oxidation sites excluding steroid dienone is 5. The first-order valence-electron chi connectivity index (χ1n) is 28.1. The predicted octanol–water partition coefficient (Wildman–Crippen LogP) is 19.7. The monoisotopic (exact) mass is 1050 g/mol. The summed E-state index contributed by atoms with van der Waals surface area (Å²) in [5.41, 5.74) is 19.3. The van der Waals surface area contributed by atoms with Crippen molar-refractivity contribution in [3.63, 3.8) is 0 Å². The van der Waals surface area contributed by atoms with Crippen LogP contribution in [0.1, 0.15) is 60.0 Å². The number of fused-ring (bicyclic) bond motifs is 6. The molecule has 0 spiro atoms. The topological polar surface area (TPSA) is 40.6 Å². The van der Waals surface area contributed by atoms with Gasteiger partial charge in [-0.1, -0.05) is 206 Å². The van der Waals surface area contributed by atoms with E-state index < -0.39 is 0 Å². The van der Waals surface area contributed by atoms with Gasteiger partial charge in [-0.15, -0.1) is 0 Å². The number of anilines is 6. The molecule has 0 N–H and O–H groups in total. The average molecular weight is 1050 g/mol. The minimum atomic E-state index is -0.141. The van der Waals surface area contributed by atoms with Gasteiger partial charge in [0.05, 0.1) is 0 Å². The molecular formula is C78H52N2O2. The summed E-state index contributed by atoms with van der Waals surface area (Å²) < 4.78 is 0. The van der Waals surface area contributed by atoms with Crippen LogP contribution in [0.3, 0.4) is 0 Å². The fraction of sp³-hybridized carbons (Fsp3) is 0.0256. The number of ketones is 2. The van der Waals surface area contributed by atoms with Crippen LogP contribution in [0.4, 0.5) is 34.1 Å². The van der Waals surface area contributed by atoms with Gasteiger partial charge >= 0.3 is 0 Å². The summed E-state index contributed by atoms with van der Waals surface area (Å²) in [6.45, 7) is 0. The number of benzene rings is 12. The second-order valence-corrected chi connectivity index (χ2v) is 21.3. The molecular weight excluding hydrogens is 997 g/mol. The van der Waals surface area contributed by atoms with E-state index in [9.17, 15) is 0 Å². The van der Waals surface area contributed by atoms with Gasteiger partial charge in [-0.05, 0) is 174 Å². The van der Waals surface area contributed by atoms with Gasteiger partial charge in [0, 0.05) is 68.2 Å². The number of hydrogen-bond acceptors (Lipinski definition) is 4. The zero-order chi connectivity index (χ0) is 54.7. The standard InChI is InChI=1S/C78H52N2O2/c81-77-70-48-42-54(76-67-35-19-15-31-63(67)74(64-32-16-20-36-68(64)76)52-39-45-60(46-40-52)80(57-25-9-3-10-26-57)58-27-11-4-12-28-58)50-72(70)78(82)69-47-41-53(49-71(69)77)75-65-33-17-13-29-61(65)73(62-30-14-18-34-66(62)75)51-37-43-59(44-38-51)79(55-21-5-1-6-22-55)56-23-7-2-8-24-56/h1-50,65,75H. The van der Waals surface area contributed by atoms with E-state index in [4.69, 9.17) is 0 Å². The highest BCUT2D eigenvalue weighted by Crippen LogP contribution is 2.52. The van der Waals surface area contributed by atoms with Gasteiger partial charge in [0.2, 0.25) is 0 Å². The summed E-state index contributed by atoms with van der Waals surface area (Å²) in [5.74, 6) is -0.386. The van der Waals surface area contributed by atoms with Gasteiger partial charge in [-0.3, -0.25) is 9.59 Å². The molecule has 0 bridgehead atoms. The molecule has 0 aliphatic heterocycles. The summed E-state index contributed by atoms with van der Waals surface area (Å²) in [7, 11) is 0. The number of carbonyl (C=O) groups is 2. The van der Waals surface area contributed by atoms with E-state index in [1.807, 2.05) is 54.6 Å². The molecule has 2 unspecified atom stereocenters. The molecule has 0 aromatic heterocycles. The highest BCUT2D eigenvalue weighted by atomic mass is 16.1. The van der Waals surface area contributed by atoms with Crippen LogP contribution in [0.15, 0.2) is 309 Å². The first kappa shape index (κ1) is 48.4. The zero-order valence-corrected chi connectivity index (χ0v) is 44.7. The van der Waals surface area contributed by atoms with E-state index in [-0.39, 0.29) is 23.4 Å². The Hall–Kier alpha value is -10.7. The second kappa shape index (κ2) is 20.2. The zero-order valence-electron chi connectivity index (χ0n) is 44.7. The molecule has 0 amide bonds. The lowest BCUT2D eigenvalue weighted by atomic mass is 9.66. The molecule has 15 rings (SSSR count). The highest BCUT2D eigenvalue weighted by molar-refractivity contribution is 6.29. The molecule has 12 aromatic carbocycles. The van der Waals surface area contributed by atoms with E-state index in [2.05, 4.69) is 259 Å². The number of rotatable bonds is 10. The van der Waals surface area contributed by atoms with Gasteiger partial charge in [-0.2, -0.15) is 0 Å². The van der Waals surface area contributed by atoms with Crippen LogP contribution >= 0.6 is 0 Å². The number of para-hydroxylation sites is 4. The van der Waals surface area contributed by atoms with Gasteiger partial charge in [-0.25, -0.2) is 0 Å². The van der Waals surface area contributed by atoms with Crippen LogP contribution in [0.2, 0.25) is 0 Å². The second-order valence-electron chi connectivity index (χ2n) is 21.3. The molecule has 3 aliphatic rings. The molecule has 2 atom stereocenters. The molecule has 0 radical (unpaired) electrons. The van der Waals surface area contributed by atoms with E-state index >= 15 is 9.59 Å². The third-order valence-electron chi connectivity index (χ3n) is 16.8. The van der Waals surface area contributed by atoms with Crippen LogP contribution in [-0.4, -0.2) is 11.6 Å². The predicted molar refractivity (Wildman–Crippen MR) is 338 cm³/mol. The van der Waals surface area contributed by atoms with Crippen molar-refractivity contribution in [1.82, 2.24) is 0 Å². The Morgan fingerprint density at radius 2 is 0.707 bits per heavy atom. The summed E-state index contributed by atoms with van der Waals surface area (Å²) in [5, 5.41) is 4.35. The van der Waals surface area contributed by atoms with Crippen molar-refractivity contribution in [1.29, 1.82) is 0 Å². The minimum absolute atomic E-state index is 0.0120. The van der Waals surface area contributed by atoms with Crippen LogP contribution in [-0.2, 0) is 0 Å². The lowest BCUT2D eigenvalue weighted by Crippen LogP contribution is -2.25. The Labute approximate surface area is 477 Å². The smallest absolute Gasteiger partial charge is 0.194 e. The van der Waals surface area contributed by atoms with E-state index in [1.165, 1.54) is 16.7 Å². The molecule has 4 nitrogen and oxygen atoms in total. The minimum Gasteiger partial charge on any atom is -0.311 e. The molecule has 0 heterocycles. The van der Waals surface area contributed by atoms with Crippen molar-refractivity contribution >= 4 is 72.8 Å². The Balaban J connectivity index is 0.774. The molecule has 0 saturated heterocycles. The van der Waals surface area contributed by atoms with E-state index in [1.54, 1.807) is 0 Å². The van der Waals surface area contributed by atoms with Crippen LogP contribution in [0.25, 0.3) is 49.4 Å². The molecule has 4 heteroatoms. The number of carbonyl (C=O) groups excluding carboxylic acids is 2. The van der Waals surface area contributed by atoms with Gasteiger partial charge in [0.25, 0.3) is 0 Å². The molecule has 0 saturated carbocycles. The molecule has 3 aliphatic carbocycles. The van der Waals surface area contributed by atoms with E-state index in [0.29, 0.717) is 22.3 Å². The summed E-state index contributed by atoms with van der Waals surface area (Å²) >= 11 is 0. The first-order chi connectivity index (χ1) is 40.6. The van der Waals surface area contributed by atoms with Gasteiger partial charge in [0.1, 0.15) is 0 Å². The van der Waals surface area contributed by atoms with Crippen molar-refractivity contribution in [2.75, 3.05) is 9.80 Å². The van der Waals surface area contributed by atoms with Gasteiger partial charge < -0.3 is 9.80 Å². The number of nitrogens with zero attached hydrogens (tertiary/aromatic N) is 2. The Morgan fingerprint density at radius 1 is 0.305 bits per heavy atom. The third-order valence-corrected chi connectivity index (χ3v) is 16.8. The maximum Gasteiger partial charge on any atom is 0.194 e. The third kappa shape index (κ3) is 8.14. The Kier molecular flexibility index (Phi) is 11.9. The van der Waals surface area contributed by atoms with Gasteiger partial charge in [0.15, 0.2) is 11.6 Å². The van der Waals surface area contributed by atoms with Crippen LogP contribution in [0.5, 0.6) is 0 Å². The lowest BCUT2D eigenvalue weighted by molar-refractivity contribution is 0.0979. The maximum atomic E-state index is 15.0. The van der Waals surface area contributed by atoms with Crippen molar-refractivity contribution in [3.8, 4) is 22.3 Å². The SMILES string of the molecule is O=C1c2ccc(C3c4ccccc4C(c4ccc(N(c5ccccc5)c5ccccc5)cc4)=C4C=CC=CC43)cc2C(=O)c2ccc(-c3c4ccccc4c(-c4ccc(N(c5ccccc5)c5ccccc5)cc4)c4ccccc34)cc21. The Morgan fingerprint density at radius 3 is 1.22 bits per heavy atom. The number of hydrogen-bond donors (Lipinski definition) is 0. The fourth-order valence-corrected chi connectivity index (χ4v) is 13.2. The molecule has 0 fully saturated rings. The fourth-order valence-electron chi connectivity index (χ4n) is 13.2. The largest absolute Gasteiger partial charge is 0.311 e. The first-order valence-corrected chi connectivity index (χ1v) is 28.1. The van der Waals surface area contributed by atoms with E-state index in [0.717, 1.165) is 94.6 Å². The highest BCUT2D eigenvalue weighted by Gasteiger charge is 2.38. The quantitative estimate of drug-likeness (QED) is 0.128. The van der Waals surface area contributed by atoms with Crippen molar-refractivity contribution in [2.24, 2.45) is 5.92 Å². The molecule has 12 aromatic rings. The van der Waals surface area contributed by atoms with Crippen LogP contribution < -0.4 is 9.80 Å². The van der Waals surface area contributed by atoms with Crippen molar-refractivity contribution in [2.45, 2.75) is 5.92 Å². The molecule has 386 valence electrons. The molecule has 82 heavy (non-hydrogen) atoms. The lowest BCUT2D eigenvalue weighted by Gasteiger charge is -2.37. The normalized spacial score (nSPS) is 15.0. The summed E-state index contributed by atoms with van der Waals surface area (Å²) in [6, 6.07) is 97.3. The average Bonchev–Trinajstić information content (AvgIpc) is 3.07.